The molecule has 0 saturated carbocycles. The molecule has 8 nitrogen and oxygen atoms in total. The molecule has 4 aromatic rings. The largest absolute Gasteiger partial charge is 0.493 e. The molecule has 3 aliphatic heterocycles. The minimum atomic E-state index is -0.772. The SMILES string of the molecule is CCOc1c(Br)cc(/C=C2\C(=O)NC(=O)N(c3cc4c5c(c3)[C@@H](c3ccccc3)CCN5CC[C@@H]4c3ccccc3)C2=O)cc1OC. The molecule has 7 rings (SSSR count). The maximum Gasteiger partial charge on any atom is 0.335 e. The van der Waals surface area contributed by atoms with Crippen molar-refractivity contribution in [3.8, 4) is 11.5 Å². The number of barbiturate groups is 1. The Hall–Kier alpha value is -4.89. The Bertz CT molecular complexity index is 1840. The third kappa shape index (κ3) is 5.58. The number of urea groups is 1. The number of nitrogens with one attached hydrogen (secondary N) is 1. The van der Waals surface area contributed by atoms with Crippen LogP contribution in [0, 0.1) is 0 Å². The minimum Gasteiger partial charge on any atom is -0.493 e. The maximum absolute atomic E-state index is 14.2. The molecule has 1 N–H and O–H groups in total. The summed E-state index contributed by atoms with van der Waals surface area (Å²) in [6.45, 7) is 4.15. The van der Waals surface area contributed by atoms with Crippen molar-refractivity contribution in [2.75, 3.05) is 36.6 Å². The molecule has 238 valence electrons. The molecule has 0 spiro atoms. The molecule has 9 heteroatoms. The predicted octanol–water partition coefficient (Wildman–Crippen LogP) is 7.40. The second-order valence-corrected chi connectivity index (χ2v) is 12.7. The summed E-state index contributed by atoms with van der Waals surface area (Å²) in [5, 5.41) is 2.41. The molecule has 3 aliphatic rings. The lowest BCUT2D eigenvalue weighted by Crippen LogP contribution is -2.54. The monoisotopic (exact) mass is 691 g/mol. The molecule has 47 heavy (non-hydrogen) atoms. The van der Waals surface area contributed by atoms with Gasteiger partial charge in [0.1, 0.15) is 5.57 Å². The van der Waals surface area contributed by atoms with Gasteiger partial charge in [0.2, 0.25) is 0 Å². The summed E-state index contributed by atoms with van der Waals surface area (Å²) in [5.41, 5.74) is 6.54. The van der Waals surface area contributed by atoms with Crippen molar-refractivity contribution in [1.29, 1.82) is 0 Å². The number of ether oxygens (including phenoxy) is 2. The first-order valence-electron chi connectivity index (χ1n) is 15.8. The highest BCUT2D eigenvalue weighted by Gasteiger charge is 2.40. The Balaban J connectivity index is 1.36. The Morgan fingerprint density at radius 3 is 2.02 bits per heavy atom. The molecule has 0 radical (unpaired) electrons. The molecule has 1 fully saturated rings. The zero-order valence-electron chi connectivity index (χ0n) is 26.2. The number of methoxy groups -OCH3 is 1. The van der Waals surface area contributed by atoms with Crippen LogP contribution in [0.3, 0.4) is 0 Å². The van der Waals surface area contributed by atoms with Crippen LogP contribution in [0.1, 0.15) is 59.4 Å². The average Bonchev–Trinajstić information content (AvgIpc) is 3.08. The van der Waals surface area contributed by atoms with Crippen LogP contribution in [0.25, 0.3) is 6.08 Å². The third-order valence-electron chi connectivity index (χ3n) is 9.21. The van der Waals surface area contributed by atoms with Gasteiger partial charge in [0, 0.05) is 30.6 Å². The number of hydrogen-bond donors (Lipinski definition) is 1. The van der Waals surface area contributed by atoms with E-state index in [0.29, 0.717) is 33.8 Å². The van der Waals surface area contributed by atoms with Gasteiger partial charge in [-0.05, 0) is 93.9 Å². The summed E-state index contributed by atoms with van der Waals surface area (Å²) in [5.74, 6) is -0.304. The molecule has 0 bridgehead atoms. The number of halogens is 1. The van der Waals surface area contributed by atoms with Crippen LogP contribution in [0.5, 0.6) is 11.5 Å². The van der Waals surface area contributed by atoms with Crippen LogP contribution < -0.4 is 24.6 Å². The summed E-state index contributed by atoms with van der Waals surface area (Å²) < 4.78 is 11.8. The highest BCUT2D eigenvalue weighted by molar-refractivity contribution is 9.10. The van der Waals surface area contributed by atoms with Crippen molar-refractivity contribution in [2.45, 2.75) is 31.6 Å². The molecule has 0 unspecified atom stereocenters. The fourth-order valence-corrected chi connectivity index (χ4v) is 7.71. The zero-order valence-corrected chi connectivity index (χ0v) is 27.8. The molecular formula is C38H34BrN3O5. The number of hydrogen-bond acceptors (Lipinski definition) is 6. The number of amides is 4. The van der Waals surface area contributed by atoms with Gasteiger partial charge in [0.15, 0.2) is 11.5 Å². The summed E-state index contributed by atoms with van der Waals surface area (Å²) in [6, 6.07) is 27.4. The lowest BCUT2D eigenvalue weighted by Gasteiger charge is -2.44. The van der Waals surface area contributed by atoms with Crippen molar-refractivity contribution in [3.63, 3.8) is 0 Å². The van der Waals surface area contributed by atoms with Crippen LogP contribution in [0.4, 0.5) is 16.2 Å². The Labute approximate surface area is 282 Å². The van der Waals surface area contributed by atoms with E-state index in [1.165, 1.54) is 30.0 Å². The molecule has 4 amide bonds. The van der Waals surface area contributed by atoms with E-state index in [1.54, 1.807) is 12.1 Å². The van der Waals surface area contributed by atoms with E-state index in [0.717, 1.165) is 42.0 Å². The van der Waals surface area contributed by atoms with Crippen molar-refractivity contribution in [1.82, 2.24) is 5.32 Å². The fourth-order valence-electron chi connectivity index (χ4n) is 7.13. The topological polar surface area (TPSA) is 88.2 Å². The lowest BCUT2D eigenvalue weighted by molar-refractivity contribution is -0.122. The Morgan fingerprint density at radius 1 is 0.872 bits per heavy atom. The molecule has 1 saturated heterocycles. The fraction of sp³-hybridized carbons (Fsp3) is 0.237. The Kier molecular flexibility index (Phi) is 8.32. The highest BCUT2D eigenvalue weighted by Crippen LogP contribution is 2.50. The van der Waals surface area contributed by atoms with Crippen LogP contribution in [-0.4, -0.2) is 44.7 Å². The number of benzene rings is 4. The molecule has 0 aliphatic carbocycles. The zero-order chi connectivity index (χ0) is 32.7. The molecule has 2 atom stereocenters. The first kappa shape index (κ1) is 30.7. The van der Waals surface area contributed by atoms with Crippen LogP contribution in [0.15, 0.2) is 95.0 Å². The number of nitrogens with zero attached hydrogens (tertiary/aromatic N) is 2. The van der Waals surface area contributed by atoms with E-state index in [1.807, 2.05) is 55.5 Å². The van der Waals surface area contributed by atoms with Gasteiger partial charge in [-0.3, -0.25) is 14.9 Å². The van der Waals surface area contributed by atoms with Crippen molar-refractivity contribution >= 4 is 51.2 Å². The maximum atomic E-state index is 14.2. The smallest absolute Gasteiger partial charge is 0.335 e. The minimum absolute atomic E-state index is 0.0870. The van der Waals surface area contributed by atoms with Crippen LogP contribution in [0.2, 0.25) is 0 Å². The third-order valence-corrected chi connectivity index (χ3v) is 9.80. The summed E-state index contributed by atoms with van der Waals surface area (Å²) in [7, 11) is 1.52. The first-order valence-corrected chi connectivity index (χ1v) is 16.6. The van der Waals surface area contributed by atoms with E-state index in [-0.39, 0.29) is 17.4 Å². The first-order chi connectivity index (χ1) is 22.9. The average molecular weight is 693 g/mol. The van der Waals surface area contributed by atoms with E-state index in [9.17, 15) is 14.4 Å². The van der Waals surface area contributed by atoms with Crippen LogP contribution in [-0.2, 0) is 9.59 Å². The Morgan fingerprint density at radius 2 is 1.47 bits per heavy atom. The number of imide groups is 2. The summed E-state index contributed by atoms with van der Waals surface area (Å²) in [6.07, 6.45) is 3.30. The van der Waals surface area contributed by atoms with E-state index < -0.39 is 17.8 Å². The second-order valence-electron chi connectivity index (χ2n) is 11.9. The lowest BCUT2D eigenvalue weighted by atomic mass is 9.76. The van der Waals surface area contributed by atoms with Gasteiger partial charge in [-0.2, -0.15) is 0 Å². The van der Waals surface area contributed by atoms with Crippen molar-refractivity contribution in [2.24, 2.45) is 0 Å². The van der Waals surface area contributed by atoms with E-state index in [2.05, 4.69) is 50.4 Å². The van der Waals surface area contributed by atoms with E-state index in [4.69, 9.17) is 9.47 Å². The van der Waals surface area contributed by atoms with Gasteiger partial charge in [-0.25, -0.2) is 9.69 Å². The summed E-state index contributed by atoms with van der Waals surface area (Å²) in [4.78, 5) is 44.4. The quantitative estimate of drug-likeness (QED) is 0.161. The normalized spacial score (nSPS) is 19.8. The number of anilines is 2. The van der Waals surface area contributed by atoms with Gasteiger partial charge in [0.25, 0.3) is 11.8 Å². The number of carbonyl (C=O) groups excluding carboxylic acids is 3. The van der Waals surface area contributed by atoms with Crippen molar-refractivity contribution in [3.05, 3.63) is 123 Å². The molecular weight excluding hydrogens is 658 g/mol. The van der Waals surface area contributed by atoms with E-state index >= 15 is 0 Å². The van der Waals surface area contributed by atoms with Gasteiger partial charge in [-0.15, -0.1) is 0 Å². The number of carbonyl (C=O) groups is 3. The highest BCUT2D eigenvalue weighted by atomic mass is 79.9. The number of rotatable bonds is 7. The van der Waals surface area contributed by atoms with Crippen molar-refractivity contribution < 1.29 is 23.9 Å². The molecule has 4 aromatic carbocycles. The van der Waals surface area contributed by atoms with Gasteiger partial charge < -0.3 is 14.4 Å². The van der Waals surface area contributed by atoms with Gasteiger partial charge >= 0.3 is 6.03 Å². The summed E-state index contributed by atoms with van der Waals surface area (Å²) >= 11 is 3.52. The second kappa shape index (κ2) is 12.7. The van der Waals surface area contributed by atoms with Crippen LogP contribution >= 0.6 is 15.9 Å². The molecule has 0 aromatic heterocycles. The standard InChI is InChI=1S/C38H34BrN3O5/c1-3-47-35-32(39)19-23(20-33(35)46-2)18-31-36(43)40-38(45)42(37(31)44)26-21-29-27(24-10-6-4-7-11-24)14-16-41-17-15-28(30(22-26)34(29)41)25-12-8-5-9-13-25/h4-13,18-22,27-28H,3,14-17H2,1-2H3,(H,40,43,45)/b31-18+/t27-,28-/m1/s1. The van der Waals surface area contributed by atoms with Gasteiger partial charge in [0.05, 0.1) is 23.9 Å². The van der Waals surface area contributed by atoms with Gasteiger partial charge in [-0.1, -0.05) is 60.7 Å². The predicted molar refractivity (Wildman–Crippen MR) is 185 cm³/mol. The molecule has 3 heterocycles.